The molecule has 2 aromatic rings. The standard InChI is InChI=1S/C13H11BrN2OS/c1-8-12(3-2-6-16-8)17-9-4-5-10(13(15)18)11(14)7-9/h2-7H,1H3,(H2,15,18). The Labute approximate surface area is 119 Å². The Bertz CT molecular complexity index is 601. The van der Waals surface area contributed by atoms with Crippen LogP contribution >= 0.6 is 28.1 Å². The lowest BCUT2D eigenvalue weighted by atomic mass is 10.2. The highest BCUT2D eigenvalue weighted by atomic mass is 79.9. The van der Waals surface area contributed by atoms with Crippen molar-refractivity contribution in [1.82, 2.24) is 4.98 Å². The molecule has 1 aromatic heterocycles. The molecule has 0 saturated heterocycles. The minimum Gasteiger partial charge on any atom is -0.455 e. The summed E-state index contributed by atoms with van der Waals surface area (Å²) in [7, 11) is 0. The van der Waals surface area contributed by atoms with Crippen molar-refractivity contribution in [2.45, 2.75) is 6.92 Å². The Balaban J connectivity index is 2.29. The average molecular weight is 323 g/mol. The number of ether oxygens (including phenoxy) is 1. The Hall–Kier alpha value is -1.46. The van der Waals surface area contributed by atoms with E-state index < -0.39 is 0 Å². The lowest BCUT2D eigenvalue weighted by Gasteiger charge is -2.09. The Morgan fingerprint density at radius 3 is 2.78 bits per heavy atom. The van der Waals surface area contributed by atoms with E-state index in [2.05, 4.69) is 20.9 Å². The van der Waals surface area contributed by atoms with Crippen molar-refractivity contribution < 1.29 is 4.74 Å². The third-order valence-corrected chi connectivity index (χ3v) is 3.27. The Morgan fingerprint density at radius 1 is 1.39 bits per heavy atom. The number of rotatable bonds is 3. The topological polar surface area (TPSA) is 48.1 Å². The van der Waals surface area contributed by atoms with Gasteiger partial charge in [0.15, 0.2) is 0 Å². The first kappa shape index (κ1) is 13.0. The number of aryl methyl sites for hydroxylation is 1. The molecule has 0 amide bonds. The first-order valence-corrected chi connectivity index (χ1v) is 6.47. The van der Waals surface area contributed by atoms with Crippen LogP contribution in [-0.2, 0) is 0 Å². The largest absolute Gasteiger partial charge is 0.455 e. The molecular formula is C13H11BrN2OS. The first-order valence-electron chi connectivity index (χ1n) is 5.27. The molecule has 0 aliphatic carbocycles. The van der Waals surface area contributed by atoms with Gasteiger partial charge in [-0.15, -0.1) is 0 Å². The van der Waals surface area contributed by atoms with Crippen molar-refractivity contribution in [3.63, 3.8) is 0 Å². The van der Waals surface area contributed by atoms with Gasteiger partial charge in [0.1, 0.15) is 16.5 Å². The maximum absolute atomic E-state index is 5.75. The van der Waals surface area contributed by atoms with Crippen LogP contribution in [0.25, 0.3) is 0 Å². The molecule has 18 heavy (non-hydrogen) atoms. The van der Waals surface area contributed by atoms with Crippen LogP contribution in [0, 0.1) is 6.92 Å². The van der Waals surface area contributed by atoms with Crippen molar-refractivity contribution in [3.8, 4) is 11.5 Å². The highest BCUT2D eigenvalue weighted by molar-refractivity contribution is 9.10. The maximum atomic E-state index is 5.75. The predicted octanol–water partition coefficient (Wildman–Crippen LogP) is 3.58. The molecule has 0 aliphatic heterocycles. The molecule has 0 fully saturated rings. The van der Waals surface area contributed by atoms with Crippen molar-refractivity contribution in [2.75, 3.05) is 0 Å². The van der Waals surface area contributed by atoms with E-state index in [0.29, 0.717) is 10.7 Å². The van der Waals surface area contributed by atoms with Crippen LogP contribution in [0.5, 0.6) is 11.5 Å². The fourth-order valence-electron chi connectivity index (χ4n) is 1.46. The van der Waals surface area contributed by atoms with Gasteiger partial charge in [0.05, 0.1) is 5.69 Å². The Morgan fingerprint density at radius 2 is 2.17 bits per heavy atom. The van der Waals surface area contributed by atoms with E-state index in [4.69, 9.17) is 22.7 Å². The van der Waals surface area contributed by atoms with Gasteiger partial charge < -0.3 is 10.5 Å². The third-order valence-electron chi connectivity index (χ3n) is 2.39. The molecule has 0 aliphatic rings. The van der Waals surface area contributed by atoms with Crippen LogP contribution in [0.1, 0.15) is 11.3 Å². The van der Waals surface area contributed by atoms with E-state index in [1.54, 1.807) is 6.20 Å². The van der Waals surface area contributed by atoms with Gasteiger partial charge in [-0.25, -0.2) is 0 Å². The van der Waals surface area contributed by atoms with Gasteiger partial charge >= 0.3 is 0 Å². The molecular weight excluding hydrogens is 312 g/mol. The molecule has 5 heteroatoms. The number of halogens is 1. The summed E-state index contributed by atoms with van der Waals surface area (Å²) in [6.07, 6.45) is 1.73. The molecule has 0 radical (unpaired) electrons. The summed E-state index contributed by atoms with van der Waals surface area (Å²) in [4.78, 5) is 4.52. The zero-order chi connectivity index (χ0) is 13.1. The molecule has 0 saturated carbocycles. The van der Waals surface area contributed by atoms with Gasteiger partial charge in [0, 0.05) is 16.2 Å². The molecule has 3 nitrogen and oxygen atoms in total. The molecule has 2 N–H and O–H groups in total. The van der Waals surface area contributed by atoms with Gasteiger partial charge in [0.25, 0.3) is 0 Å². The second-order valence-electron chi connectivity index (χ2n) is 3.69. The monoisotopic (exact) mass is 322 g/mol. The van der Waals surface area contributed by atoms with Gasteiger partial charge in [-0.05, 0) is 53.2 Å². The minimum atomic E-state index is 0.353. The van der Waals surface area contributed by atoms with Gasteiger partial charge in [-0.1, -0.05) is 12.2 Å². The summed E-state index contributed by atoms with van der Waals surface area (Å²) in [6.45, 7) is 1.90. The first-order chi connectivity index (χ1) is 8.58. The SMILES string of the molecule is Cc1ncccc1Oc1ccc(C(N)=S)c(Br)c1. The minimum absolute atomic E-state index is 0.353. The predicted molar refractivity (Wildman–Crippen MR) is 79.1 cm³/mol. The fraction of sp³-hybridized carbons (Fsp3) is 0.0769. The normalized spacial score (nSPS) is 10.1. The van der Waals surface area contributed by atoms with E-state index in [1.807, 2.05) is 37.3 Å². The number of hydrogen-bond acceptors (Lipinski definition) is 3. The number of thiocarbonyl (C=S) groups is 1. The molecule has 1 heterocycles. The summed E-state index contributed by atoms with van der Waals surface area (Å²) in [5.41, 5.74) is 7.22. The van der Waals surface area contributed by atoms with Gasteiger partial charge in [-0.3, -0.25) is 4.98 Å². The Kier molecular flexibility index (Phi) is 3.93. The summed E-state index contributed by atoms with van der Waals surface area (Å²) in [6, 6.07) is 9.19. The van der Waals surface area contributed by atoms with Crippen LogP contribution in [-0.4, -0.2) is 9.97 Å². The number of nitrogens with zero attached hydrogens (tertiary/aromatic N) is 1. The molecule has 1 aromatic carbocycles. The van der Waals surface area contributed by atoms with Crippen molar-refractivity contribution in [1.29, 1.82) is 0 Å². The van der Waals surface area contributed by atoms with Crippen LogP contribution < -0.4 is 10.5 Å². The van der Waals surface area contributed by atoms with Gasteiger partial charge in [0.2, 0.25) is 0 Å². The van der Waals surface area contributed by atoms with Crippen molar-refractivity contribution in [3.05, 3.63) is 52.3 Å². The molecule has 2 rings (SSSR count). The number of benzene rings is 1. The maximum Gasteiger partial charge on any atom is 0.148 e. The lowest BCUT2D eigenvalue weighted by molar-refractivity contribution is 0.475. The van der Waals surface area contributed by atoms with E-state index in [0.717, 1.165) is 21.5 Å². The second-order valence-corrected chi connectivity index (χ2v) is 4.99. The number of hydrogen-bond donors (Lipinski definition) is 1. The van der Waals surface area contributed by atoms with Crippen LogP contribution in [0.2, 0.25) is 0 Å². The zero-order valence-corrected chi connectivity index (χ0v) is 12.1. The third kappa shape index (κ3) is 2.86. The smallest absolute Gasteiger partial charge is 0.148 e. The van der Waals surface area contributed by atoms with Crippen LogP contribution in [0.3, 0.4) is 0 Å². The molecule has 0 bridgehead atoms. The number of aromatic nitrogens is 1. The zero-order valence-electron chi connectivity index (χ0n) is 9.68. The second kappa shape index (κ2) is 5.46. The quantitative estimate of drug-likeness (QED) is 0.877. The lowest BCUT2D eigenvalue weighted by Crippen LogP contribution is -2.09. The molecule has 92 valence electrons. The number of pyridine rings is 1. The highest BCUT2D eigenvalue weighted by Gasteiger charge is 2.06. The van der Waals surface area contributed by atoms with E-state index in [1.165, 1.54) is 0 Å². The number of nitrogens with two attached hydrogens (primary N) is 1. The van der Waals surface area contributed by atoms with Crippen LogP contribution in [0.15, 0.2) is 41.0 Å². The molecule has 0 atom stereocenters. The van der Waals surface area contributed by atoms with E-state index in [9.17, 15) is 0 Å². The fourth-order valence-corrected chi connectivity index (χ4v) is 2.34. The van der Waals surface area contributed by atoms with Crippen LogP contribution in [0.4, 0.5) is 0 Å². The summed E-state index contributed by atoms with van der Waals surface area (Å²) in [5, 5.41) is 0. The molecule has 0 spiro atoms. The summed E-state index contributed by atoms with van der Waals surface area (Å²) < 4.78 is 6.56. The summed E-state index contributed by atoms with van der Waals surface area (Å²) in [5.74, 6) is 1.44. The van der Waals surface area contributed by atoms with Crippen molar-refractivity contribution in [2.24, 2.45) is 5.73 Å². The van der Waals surface area contributed by atoms with Gasteiger partial charge in [-0.2, -0.15) is 0 Å². The summed E-state index contributed by atoms with van der Waals surface area (Å²) >= 11 is 8.36. The van der Waals surface area contributed by atoms with Crippen molar-refractivity contribution >= 4 is 33.1 Å². The van der Waals surface area contributed by atoms with E-state index >= 15 is 0 Å². The average Bonchev–Trinajstić information content (AvgIpc) is 2.32. The molecule has 0 unspecified atom stereocenters. The van der Waals surface area contributed by atoms with E-state index in [-0.39, 0.29) is 0 Å². The highest BCUT2D eigenvalue weighted by Crippen LogP contribution is 2.28.